The van der Waals surface area contributed by atoms with Crippen molar-refractivity contribution in [1.29, 1.82) is 0 Å². The standard InChI is InChI=1S/C15H19N7O/c1-11-6-13(22-14(19-11)16-10-18-22)21-4-5-23-15(2,9-21)12-7-17-20(3)8-12/h6-8,10H,4-5,9H2,1-3H3. The minimum atomic E-state index is -0.406. The molecule has 8 heteroatoms. The van der Waals surface area contributed by atoms with Crippen molar-refractivity contribution >= 4 is 11.6 Å². The number of rotatable bonds is 2. The molecule has 0 aliphatic carbocycles. The lowest BCUT2D eigenvalue weighted by atomic mass is 9.97. The summed E-state index contributed by atoms with van der Waals surface area (Å²) in [6.45, 7) is 6.23. The highest BCUT2D eigenvalue weighted by Crippen LogP contribution is 2.31. The van der Waals surface area contributed by atoms with E-state index in [1.165, 1.54) is 6.33 Å². The first-order valence-electron chi connectivity index (χ1n) is 7.61. The summed E-state index contributed by atoms with van der Waals surface area (Å²) in [5.74, 6) is 1.61. The number of morpholine rings is 1. The van der Waals surface area contributed by atoms with Crippen LogP contribution in [0.25, 0.3) is 5.78 Å². The molecule has 0 bridgehead atoms. The van der Waals surface area contributed by atoms with Crippen molar-refractivity contribution in [3.05, 3.63) is 36.0 Å². The van der Waals surface area contributed by atoms with Gasteiger partial charge in [0.1, 0.15) is 17.7 Å². The summed E-state index contributed by atoms with van der Waals surface area (Å²) in [5, 5.41) is 8.57. The fourth-order valence-corrected chi connectivity index (χ4v) is 3.07. The number of anilines is 1. The second kappa shape index (κ2) is 5.02. The van der Waals surface area contributed by atoms with Gasteiger partial charge in [-0.05, 0) is 13.8 Å². The molecule has 3 aromatic rings. The molecular formula is C15H19N7O. The average Bonchev–Trinajstić information content (AvgIpc) is 3.15. The van der Waals surface area contributed by atoms with E-state index in [0.29, 0.717) is 12.4 Å². The van der Waals surface area contributed by atoms with Gasteiger partial charge >= 0.3 is 0 Å². The quantitative estimate of drug-likeness (QED) is 0.700. The van der Waals surface area contributed by atoms with Gasteiger partial charge in [-0.1, -0.05) is 0 Å². The van der Waals surface area contributed by atoms with Gasteiger partial charge in [-0.3, -0.25) is 4.68 Å². The van der Waals surface area contributed by atoms with Crippen molar-refractivity contribution in [3.63, 3.8) is 0 Å². The minimum Gasteiger partial charge on any atom is -0.367 e. The summed E-state index contributed by atoms with van der Waals surface area (Å²) in [6.07, 6.45) is 5.41. The second-order valence-corrected chi connectivity index (χ2v) is 6.13. The molecule has 1 atom stereocenters. The molecule has 1 saturated heterocycles. The molecule has 120 valence electrons. The van der Waals surface area contributed by atoms with Crippen LogP contribution in [-0.2, 0) is 17.4 Å². The number of aryl methyl sites for hydroxylation is 2. The van der Waals surface area contributed by atoms with E-state index in [1.54, 1.807) is 9.20 Å². The molecule has 1 fully saturated rings. The lowest BCUT2D eigenvalue weighted by Gasteiger charge is -2.41. The second-order valence-electron chi connectivity index (χ2n) is 6.13. The Balaban J connectivity index is 1.73. The fraction of sp³-hybridized carbons (Fsp3) is 0.467. The number of nitrogens with zero attached hydrogens (tertiary/aromatic N) is 7. The van der Waals surface area contributed by atoms with Crippen molar-refractivity contribution in [1.82, 2.24) is 29.4 Å². The Bertz CT molecular complexity index is 855. The lowest BCUT2D eigenvalue weighted by molar-refractivity contribution is -0.0469. The molecule has 3 aromatic heterocycles. The number of aromatic nitrogens is 6. The van der Waals surface area contributed by atoms with E-state index in [0.717, 1.165) is 30.2 Å². The van der Waals surface area contributed by atoms with E-state index in [4.69, 9.17) is 4.74 Å². The maximum atomic E-state index is 6.08. The molecule has 1 aliphatic heterocycles. The molecule has 0 saturated carbocycles. The van der Waals surface area contributed by atoms with Gasteiger partial charge in [-0.25, -0.2) is 4.98 Å². The zero-order valence-corrected chi connectivity index (χ0v) is 13.5. The van der Waals surface area contributed by atoms with Gasteiger partial charge in [0.05, 0.1) is 19.3 Å². The van der Waals surface area contributed by atoms with Crippen molar-refractivity contribution in [2.24, 2.45) is 7.05 Å². The Morgan fingerprint density at radius 1 is 1.30 bits per heavy atom. The molecule has 8 nitrogen and oxygen atoms in total. The van der Waals surface area contributed by atoms with E-state index in [2.05, 4.69) is 32.0 Å². The van der Waals surface area contributed by atoms with Gasteiger partial charge in [0.2, 0.25) is 0 Å². The van der Waals surface area contributed by atoms with Gasteiger partial charge in [-0.15, -0.1) is 0 Å². The Labute approximate surface area is 133 Å². The van der Waals surface area contributed by atoms with Gasteiger partial charge < -0.3 is 9.64 Å². The lowest BCUT2D eigenvalue weighted by Crippen LogP contribution is -2.48. The van der Waals surface area contributed by atoms with Crippen molar-refractivity contribution < 1.29 is 4.74 Å². The molecule has 1 aliphatic rings. The van der Waals surface area contributed by atoms with Crippen LogP contribution >= 0.6 is 0 Å². The van der Waals surface area contributed by atoms with Gasteiger partial charge in [-0.2, -0.15) is 19.7 Å². The molecule has 0 amide bonds. The Hall–Kier alpha value is -2.48. The number of ether oxygens (including phenoxy) is 1. The zero-order chi connectivity index (χ0) is 16.0. The largest absolute Gasteiger partial charge is 0.367 e. The summed E-state index contributed by atoms with van der Waals surface area (Å²) in [5.41, 5.74) is 1.59. The average molecular weight is 313 g/mol. The SMILES string of the molecule is Cc1cc(N2CCOC(C)(c3cnn(C)c3)C2)n2ncnc2n1. The summed E-state index contributed by atoms with van der Waals surface area (Å²) in [4.78, 5) is 10.9. The van der Waals surface area contributed by atoms with Crippen LogP contribution in [0.3, 0.4) is 0 Å². The molecule has 4 rings (SSSR count). The molecule has 0 radical (unpaired) electrons. The summed E-state index contributed by atoms with van der Waals surface area (Å²) in [6, 6.07) is 2.04. The van der Waals surface area contributed by atoms with Crippen molar-refractivity contribution in [2.45, 2.75) is 19.4 Å². The van der Waals surface area contributed by atoms with Gasteiger partial charge in [0.25, 0.3) is 5.78 Å². The van der Waals surface area contributed by atoms with Crippen LogP contribution in [0.15, 0.2) is 24.8 Å². The van der Waals surface area contributed by atoms with E-state index in [1.807, 2.05) is 32.4 Å². The summed E-state index contributed by atoms with van der Waals surface area (Å²) >= 11 is 0. The van der Waals surface area contributed by atoms with Crippen LogP contribution in [0.4, 0.5) is 5.82 Å². The predicted octanol–water partition coefficient (Wildman–Crippen LogP) is 0.918. The third-order valence-corrected chi connectivity index (χ3v) is 4.28. The van der Waals surface area contributed by atoms with E-state index >= 15 is 0 Å². The maximum absolute atomic E-state index is 6.08. The molecular weight excluding hydrogens is 294 g/mol. The zero-order valence-electron chi connectivity index (χ0n) is 13.5. The van der Waals surface area contributed by atoms with Crippen LogP contribution < -0.4 is 4.90 Å². The third-order valence-electron chi connectivity index (χ3n) is 4.28. The summed E-state index contributed by atoms with van der Waals surface area (Å²) in [7, 11) is 1.92. The van der Waals surface area contributed by atoms with Crippen LogP contribution in [0.2, 0.25) is 0 Å². The first-order chi connectivity index (χ1) is 11.0. The van der Waals surface area contributed by atoms with Gasteiger partial charge in [0.15, 0.2) is 0 Å². The van der Waals surface area contributed by atoms with Crippen LogP contribution in [-0.4, -0.2) is 49.1 Å². The fourth-order valence-electron chi connectivity index (χ4n) is 3.07. The molecule has 0 spiro atoms. The highest BCUT2D eigenvalue weighted by atomic mass is 16.5. The topological polar surface area (TPSA) is 73.4 Å². The van der Waals surface area contributed by atoms with Crippen molar-refractivity contribution in [3.8, 4) is 0 Å². The Morgan fingerprint density at radius 2 is 2.17 bits per heavy atom. The first kappa shape index (κ1) is 14.1. The van der Waals surface area contributed by atoms with E-state index in [9.17, 15) is 0 Å². The predicted molar refractivity (Wildman–Crippen MR) is 84.2 cm³/mol. The normalized spacial score (nSPS) is 22.0. The first-order valence-corrected chi connectivity index (χ1v) is 7.61. The van der Waals surface area contributed by atoms with Crippen molar-refractivity contribution in [2.75, 3.05) is 24.6 Å². The molecule has 4 heterocycles. The monoisotopic (exact) mass is 313 g/mol. The summed E-state index contributed by atoms with van der Waals surface area (Å²) < 4.78 is 9.66. The molecule has 0 aromatic carbocycles. The van der Waals surface area contributed by atoms with Crippen LogP contribution in [0.5, 0.6) is 0 Å². The number of hydrogen-bond donors (Lipinski definition) is 0. The minimum absolute atomic E-state index is 0.406. The van der Waals surface area contributed by atoms with Crippen LogP contribution in [0, 0.1) is 6.92 Å². The molecule has 1 unspecified atom stereocenters. The third kappa shape index (κ3) is 2.35. The Kier molecular flexibility index (Phi) is 3.08. The Morgan fingerprint density at radius 3 is 2.96 bits per heavy atom. The van der Waals surface area contributed by atoms with Gasteiger partial charge in [0, 0.05) is 37.1 Å². The highest BCUT2D eigenvalue weighted by molar-refractivity contribution is 5.48. The molecule has 0 N–H and O–H groups in total. The number of fused-ring (bicyclic) bond motifs is 1. The smallest absolute Gasteiger partial charge is 0.254 e. The van der Waals surface area contributed by atoms with Crippen LogP contribution in [0.1, 0.15) is 18.2 Å². The number of hydrogen-bond acceptors (Lipinski definition) is 6. The maximum Gasteiger partial charge on any atom is 0.254 e. The van der Waals surface area contributed by atoms with E-state index in [-0.39, 0.29) is 0 Å². The van der Waals surface area contributed by atoms with E-state index < -0.39 is 5.60 Å². The molecule has 23 heavy (non-hydrogen) atoms. The highest BCUT2D eigenvalue weighted by Gasteiger charge is 2.36.